The van der Waals surface area contributed by atoms with E-state index in [9.17, 15) is 0 Å². The van der Waals surface area contributed by atoms with Crippen molar-refractivity contribution in [2.24, 2.45) is 0 Å². The van der Waals surface area contributed by atoms with Gasteiger partial charge in [0.15, 0.2) is 5.82 Å². The molecule has 0 spiro atoms. The van der Waals surface area contributed by atoms with Gasteiger partial charge < -0.3 is 0 Å². The van der Waals surface area contributed by atoms with Gasteiger partial charge in [0.25, 0.3) is 0 Å². The highest BCUT2D eigenvalue weighted by Gasteiger charge is 2.15. The Morgan fingerprint density at radius 3 is 1.95 bits per heavy atom. The molecule has 0 fully saturated rings. The second-order valence-electron chi connectivity index (χ2n) is 13.9. The fourth-order valence-electron chi connectivity index (χ4n) is 7.70. The van der Waals surface area contributed by atoms with Crippen molar-refractivity contribution in [1.82, 2.24) is 15.0 Å². The van der Waals surface area contributed by atoms with Gasteiger partial charge in [-0.15, -0.1) is 0 Å². The zero-order valence-electron chi connectivity index (χ0n) is 30.9. The van der Waals surface area contributed by atoms with Crippen LogP contribution in [0.1, 0.15) is 25.8 Å². The van der Waals surface area contributed by atoms with Gasteiger partial charge in [-0.3, -0.25) is 4.98 Å². The molecular formula is C52H39N3. The fourth-order valence-corrected chi connectivity index (χ4v) is 7.70. The van der Waals surface area contributed by atoms with Gasteiger partial charge in [0.05, 0.1) is 11.4 Å². The van der Waals surface area contributed by atoms with E-state index >= 15 is 0 Å². The largest absolute Gasteiger partial charge is 0.263 e. The summed E-state index contributed by atoms with van der Waals surface area (Å²) in [6.07, 6.45) is 11.4. The quantitative estimate of drug-likeness (QED) is 0.117. The first kappa shape index (κ1) is 33.8. The summed E-state index contributed by atoms with van der Waals surface area (Å²) in [5.74, 6) is 0.685. The Bertz CT molecular complexity index is 2910. The van der Waals surface area contributed by atoms with Crippen LogP contribution in [0.2, 0.25) is 0 Å². The Morgan fingerprint density at radius 1 is 0.491 bits per heavy atom. The van der Waals surface area contributed by atoms with Crippen LogP contribution in [0.5, 0.6) is 0 Å². The summed E-state index contributed by atoms with van der Waals surface area (Å²) in [5, 5.41) is 7.27. The summed E-state index contributed by atoms with van der Waals surface area (Å²) >= 11 is 0. The summed E-state index contributed by atoms with van der Waals surface area (Å²) < 4.78 is 0. The lowest BCUT2D eigenvalue weighted by Crippen LogP contribution is -1.97. The Balaban J connectivity index is 1.19. The van der Waals surface area contributed by atoms with Gasteiger partial charge in [0, 0.05) is 40.0 Å². The number of nitrogens with zero attached hydrogens (tertiary/aromatic N) is 3. The summed E-state index contributed by atoms with van der Waals surface area (Å²) in [5.41, 5.74) is 11.7. The van der Waals surface area contributed by atoms with Crippen LogP contribution in [0.4, 0.5) is 0 Å². The van der Waals surface area contributed by atoms with Crippen molar-refractivity contribution in [3.05, 3.63) is 194 Å². The molecule has 9 rings (SSSR count). The molecule has 7 aromatic carbocycles. The molecule has 0 aliphatic heterocycles. The number of hydrogen-bond acceptors (Lipinski definition) is 3. The molecule has 55 heavy (non-hydrogen) atoms. The van der Waals surface area contributed by atoms with Crippen LogP contribution in [0, 0.1) is 0 Å². The number of hydrogen-bond donors (Lipinski definition) is 0. The van der Waals surface area contributed by atoms with Gasteiger partial charge in [-0.2, -0.15) is 0 Å². The highest BCUT2D eigenvalue weighted by Crippen LogP contribution is 2.37. The number of fused-ring (bicyclic) bond motifs is 4. The molecule has 0 amide bonds. The molecule has 0 aliphatic carbocycles. The summed E-state index contributed by atoms with van der Waals surface area (Å²) in [6, 6.07) is 56.2. The van der Waals surface area contributed by atoms with Gasteiger partial charge in [-0.25, -0.2) is 9.97 Å². The number of pyridine rings is 1. The first-order chi connectivity index (χ1) is 27.2. The summed E-state index contributed by atoms with van der Waals surface area (Å²) in [4.78, 5) is 15.1. The molecule has 0 saturated heterocycles. The van der Waals surface area contributed by atoms with Gasteiger partial charge in [-0.05, 0) is 92.4 Å². The molecular weight excluding hydrogens is 667 g/mol. The van der Waals surface area contributed by atoms with E-state index < -0.39 is 0 Å². The van der Waals surface area contributed by atoms with E-state index in [1.807, 2.05) is 12.4 Å². The molecule has 0 N–H and O–H groups in total. The average molecular weight is 706 g/mol. The van der Waals surface area contributed by atoms with Crippen LogP contribution in [0.25, 0.3) is 94.0 Å². The third-order valence-electron chi connectivity index (χ3n) is 10.3. The van der Waals surface area contributed by atoms with Gasteiger partial charge in [0.1, 0.15) is 0 Å². The predicted molar refractivity (Wildman–Crippen MR) is 233 cm³/mol. The lowest BCUT2D eigenvalue weighted by atomic mass is 9.92. The lowest BCUT2D eigenvalue weighted by molar-refractivity contribution is 1.18. The molecule has 0 bridgehead atoms. The standard InChI is InChI=1S/C52H39N3/c1-3-13-35(14-4-2)38-17-11-19-41(29-38)51-32-50(37-27-25-36(26-28-37)49-34-53-33-43-16-6-8-22-45(43)49)54-52(55-51)42-20-12-18-39(30-42)48-31-40-15-5-7-21-44(40)46-23-9-10-24-47(46)48/h3,5-34H,4H2,1-2H3/b13-3-,35-14+. The van der Waals surface area contributed by atoms with Crippen molar-refractivity contribution < 1.29 is 0 Å². The zero-order chi connectivity index (χ0) is 37.1. The van der Waals surface area contributed by atoms with E-state index in [2.05, 4.69) is 195 Å². The normalized spacial score (nSPS) is 11.9. The summed E-state index contributed by atoms with van der Waals surface area (Å²) in [7, 11) is 0. The Labute approximate surface area is 322 Å². The van der Waals surface area contributed by atoms with E-state index in [-0.39, 0.29) is 0 Å². The van der Waals surface area contributed by atoms with Gasteiger partial charge in [0.2, 0.25) is 0 Å². The highest BCUT2D eigenvalue weighted by molar-refractivity contribution is 6.13. The summed E-state index contributed by atoms with van der Waals surface area (Å²) in [6.45, 7) is 4.24. The van der Waals surface area contributed by atoms with Crippen LogP contribution >= 0.6 is 0 Å². The first-order valence-corrected chi connectivity index (χ1v) is 18.9. The van der Waals surface area contributed by atoms with Gasteiger partial charge >= 0.3 is 0 Å². The van der Waals surface area contributed by atoms with Crippen molar-refractivity contribution in [3.63, 3.8) is 0 Å². The van der Waals surface area contributed by atoms with Crippen molar-refractivity contribution in [1.29, 1.82) is 0 Å². The molecule has 9 aromatic rings. The van der Waals surface area contributed by atoms with E-state index in [1.54, 1.807) is 0 Å². The minimum Gasteiger partial charge on any atom is -0.263 e. The van der Waals surface area contributed by atoms with Crippen LogP contribution in [-0.4, -0.2) is 15.0 Å². The smallest absolute Gasteiger partial charge is 0.160 e. The number of aromatic nitrogens is 3. The fraction of sp³-hybridized carbons (Fsp3) is 0.0577. The van der Waals surface area contributed by atoms with Gasteiger partial charge in [-0.1, -0.05) is 159 Å². The van der Waals surface area contributed by atoms with Crippen LogP contribution < -0.4 is 0 Å². The SMILES string of the molecule is C/C=C\C(=C/CC)c1cccc(-c2cc(-c3ccc(-c4cncc5ccccc45)cc3)nc(-c3cccc(-c4cc5ccccc5c5ccccc45)c3)n2)c1. The second kappa shape index (κ2) is 14.8. The Morgan fingerprint density at radius 2 is 1.15 bits per heavy atom. The maximum absolute atomic E-state index is 5.28. The van der Waals surface area contributed by atoms with Crippen LogP contribution in [0.3, 0.4) is 0 Å². The van der Waals surface area contributed by atoms with Crippen molar-refractivity contribution in [2.45, 2.75) is 20.3 Å². The molecule has 3 heteroatoms. The zero-order valence-corrected chi connectivity index (χ0v) is 30.9. The van der Waals surface area contributed by atoms with E-state index in [1.165, 1.54) is 38.1 Å². The lowest BCUT2D eigenvalue weighted by Gasteiger charge is -2.14. The highest BCUT2D eigenvalue weighted by atomic mass is 14.9. The molecule has 3 nitrogen and oxygen atoms in total. The van der Waals surface area contributed by atoms with E-state index in [0.717, 1.165) is 62.1 Å². The molecule has 0 unspecified atom stereocenters. The molecule has 2 heterocycles. The van der Waals surface area contributed by atoms with Crippen LogP contribution in [-0.2, 0) is 0 Å². The second-order valence-corrected chi connectivity index (χ2v) is 13.9. The number of rotatable bonds is 8. The topological polar surface area (TPSA) is 38.7 Å². The van der Waals surface area contributed by atoms with Crippen molar-refractivity contribution in [2.75, 3.05) is 0 Å². The monoisotopic (exact) mass is 705 g/mol. The molecule has 2 aromatic heterocycles. The predicted octanol–water partition coefficient (Wildman–Crippen LogP) is 14.0. The molecule has 0 saturated carbocycles. The average Bonchev–Trinajstić information content (AvgIpc) is 3.26. The number of benzene rings is 7. The molecule has 0 aliphatic rings. The van der Waals surface area contributed by atoms with Crippen molar-refractivity contribution >= 4 is 37.9 Å². The number of allylic oxidation sites excluding steroid dienone is 4. The minimum absolute atomic E-state index is 0.685. The van der Waals surface area contributed by atoms with E-state index in [4.69, 9.17) is 9.97 Å². The molecule has 262 valence electrons. The third kappa shape index (κ3) is 6.62. The van der Waals surface area contributed by atoms with E-state index in [0.29, 0.717) is 5.82 Å². The maximum Gasteiger partial charge on any atom is 0.160 e. The molecule has 0 radical (unpaired) electrons. The molecule has 0 atom stereocenters. The maximum atomic E-state index is 5.28. The minimum atomic E-state index is 0.685. The third-order valence-corrected chi connectivity index (χ3v) is 10.3. The first-order valence-electron chi connectivity index (χ1n) is 18.9. The Kier molecular flexibility index (Phi) is 9.11. The van der Waals surface area contributed by atoms with Crippen molar-refractivity contribution in [3.8, 4) is 56.2 Å². The van der Waals surface area contributed by atoms with Crippen LogP contribution in [0.15, 0.2) is 188 Å². The Hall–Kier alpha value is -6.97.